The van der Waals surface area contributed by atoms with Crippen LogP contribution in [0.3, 0.4) is 0 Å². The second kappa shape index (κ2) is 8.57. The number of amides is 1. The highest BCUT2D eigenvalue weighted by atomic mass is 16.5. The second-order valence-corrected chi connectivity index (χ2v) is 7.50. The first-order valence-corrected chi connectivity index (χ1v) is 10.0. The van der Waals surface area contributed by atoms with Crippen LogP contribution >= 0.6 is 0 Å². The number of hydrogen-bond donors (Lipinski definition) is 2. The summed E-state index contributed by atoms with van der Waals surface area (Å²) in [5, 5.41) is 14.2. The van der Waals surface area contributed by atoms with E-state index in [1.165, 1.54) is 0 Å². The topological polar surface area (TPSA) is 84.3 Å². The van der Waals surface area contributed by atoms with Gasteiger partial charge in [-0.05, 0) is 48.6 Å². The van der Waals surface area contributed by atoms with Crippen LogP contribution in [0.1, 0.15) is 47.3 Å². The van der Waals surface area contributed by atoms with Gasteiger partial charge in [-0.2, -0.15) is 0 Å². The number of pyridine rings is 2. The minimum absolute atomic E-state index is 0.211. The number of carbonyl (C=O) groups excluding carboxylic acids is 1. The molecule has 2 aromatic heterocycles. The first kappa shape index (κ1) is 19.3. The summed E-state index contributed by atoms with van der Waals surface area (Å²) >= 11 is 0. The Kier molecular flexibility index (Phi) is 5.71. The molecular weight excluding hydrogens is 366 g/mol. The number of rotatable bonds is 5. The van der Waals surface area contributed by atoms with Crippen molar-refractivity contribution >= 4 is 16.8 Å². The van der Waals surface area contributed by atoms with E-state index < -0.39 is 6.10 Å². The van der Waals surface area contributed by atoms with E-state index in [0.717, 1.165) is 47.7 Å². The maximum Gasteiger partial charge on any atom is 0.270 e. The van der Waals surface area contributed by atoms with Gasteiger partial charge in [0.15, 0.2) is 0 Å². The largest absolute Gasteiger partial charge is 0.481 e. The average molecular weight is 391 g/mol. The number of aliphatic hydroxyl groups is 1. The predicted octanol–water partition coefficient (Wildman–Crippen LogP) is 3.26. The van der Waals surface area contributed by atoms with Crippen molar-refractivity contribution in [2.75, 3.05) is 7.11 Å². The van der Waals surface area contributed by atoms with Crippen LogP contribution in [0.2, 0.25) is 0 Å². The van der Waals surface area contributed by atoms with Crippen LogP contribution in [-0.4, -0.2) is 40.2 Å². The van der Waals surface area contributed by atoms with Crippen LogP contribution in [0.4, 0.5) is 0 Å². The zero-order valence-corrected chi connectivity index (χ0v) is 16.5. The first-order valence-electron chi connectivity index (χ1n) is 10.0. The van der Waals surface area contributed by atoms with Crippen LogP contribution in [0.5, 0.6) is 5.88 Å². The van der Waals surface area contributed by atoms with E-state index in [9.17, 15) is 9.90 Å². The Hall–Kier alpha value is -2.99. The predicted molar refractivity (Wildman–Crippen MR) is 111 cm³/mol. The minimum atomic E-state index is -0.489. The normalized spacial score (nSPS) is 19.1. The number of ether oxygens (including phenoxy) is 1. The van der Waals surface area contributed by atoms with Crippen LogP contribution in [-0.2, 0) is 6.42 Å². The Bertz CT molecular complexity index is 1020. The molecular formula is C23H25N3O3. The van der Waals surface area contributed by atoms with Gasteiger partial charge in [0.2, 0.25) is 5.88 Å². The second-order valence-electron chi connectivity index (χ2n) is 7.50. The van der Waals surface area contributed by atoms with Gasteiger partial charge in [0.25, 0.3) is 5.91 Å². The van der Waals surface area contributed by atoms with Crippen molar-refractivity contribution in [1.82, 2.24) is 15.3 Å². The molecule has 6 heteroatoms. The van der Waals surface area contributed by atoms with Crippen molar-refractivity contribution in [3.05, 3.63) is 65.5 Å². The zero-order valence-electron chi connectivity index (χ0n) is 16.5. The van der Waals surface area contributed by atoms with Crippen molar-refractivity contribution in [3.63, 3.8) is 0 Å². The molecule has 4 rings (SSSR count). The van der Waals surface area contributed by atoms with Gasteiger partial charge in [0.1, 0.15) is 5.69 Å². The molecule has 2 heterocycles. The number of aromatic nitrogens is 2. The smallest absolute Gasteiger partial charge is 0.270 e. The molecule has 1 aliphatic carbocycles. The lowest BCUT2D eigenvalue weighted by Crippen LogP contribution is -2.45. The number of nitrogens with zero attached hydrogens (tertiary/aromatic N) is 2. The van der Waals surface area contributed by atoms with Gasteiger partial charge in [-0.25, -0.2) is 9.97 Å². The number of carbonyl (C=O) groups is 1. The maximum absolute atomic E-state index is 12.9. The maximum atomic E-state index is 12.9. The monoisotopic (exact) mass is 391 g/mol. The first-order chi connectivity index (χ1) is 14.1. The fourth-order valence-electron chi connectivity index (χ4n) is 3.92. The summed E-state index contributed by atoms with van der Waals surface area (Å²) in [6, 6.07) is 13.3. The lowest BCUT2D eigenvalue weighted by atomic mass is 9.92. The van der Waals surface area contributed by atoms with E-state index in [1.54, 1.807) is 13.3 Å². The summed E-state index contributed by atoms with van der Waals surface area (Å²) in [7, 11) is 1.59. The number of benzene rings is 1. The van der Waals surface area contributed by atoms with E-state index in [4.69, 9.17) is 4.74 Å². The van der Waals surface area contributed by atoms with Crippen molar-refractivity contribution in [3.8, 4) is 5.88 Å². The molecule has 2 N–H and O–H groups in total. The van der Waals surface area contributed by atoms with E-state index in [1.807, 2.05) is 42.5 Å². The van der Waals surface area contributed by atoms with Crippen LogP contribution < -0.4 is 10.1 Å². The molecule has 3 aromatic rings. The van der Waals surface area contributed by atoms with Crippen molar-refractivity contribution < 1.29 is 14.6 Å². The van der Waals surface area contributed by atoms with E-state index in [2.05, 4.69) is 15.3 Å². The summed E-state index contributed by atoms with van der Waals surface area (Å²) < 4.78 is 5.23. The van der Waals surface area contributed by atoms with E-state index >= 15 is 0 Å². The fourth-order valence-corrected chi connectivity index (χ4v) is 3.92. The van der Waals surface area contributed by atoms with Crippen LogP contribution in [0, 0.1) is 0 Å². The molecule has 0 bridgehead atoms. The molecule has 2 atom stereocenters. The number of para-hydroxylation sites is 1. The average Bonchev–Trinajstić information content (AvgIpc) is 2.75. The molecule has 150 valence electrons. The SMILES string of the molecule is COc1cc(Cc2cc(C(=O)N[C@H]3CCCC[C@@H]3O)nc3ccccc23)ccn1. The molecule has 29 heavy (non-hydrogen) atoms. The quantitative estimate of drug-likeness (QED) is 0.697. The third kappa shape index (κ3) is 4.38. The van der Waals surface area contributed by atoms with Gasteiger partial charge < -0.3 is 15.2 Å². The molecule has 0 radical (unpaired) electrons. The summed E-state index contributed by atoms with van der Waals surface area (Å²) in [5.74, 6) is 0.320. The summed E-state index contributed by atoms with van der Waals surface area (Å²) in [6.07, 6.45) is 5.40. The number of nitrogens with one attached hydrogen (secondary N) is 1. The molecule has 0 saturated heterocycles. The van der Waals surface area contributed by atoms with Crippen molar-refractivity contribution in [2.45, 2.75) is 44.2 Å². The number of methoxy groups -OCH3 is 1. The highest BCUT2D eigenvalue weighted by Crippen LogP contribution is 2.23. The number of fused-ring (bicyclic) bond motifs is 1. The van der Waals surface area contributed by atoms with Gasteiger partial charge in [-0.1, -0.05) is 31.0 Å². The molecule has 0 aliphatic heterocycles. The van der Waals surface area contributed by atoms with Gasteiger partial charge in [-0.15, -0.1) is 0 Å². The highest BCUT2D eigenvalue weighted by molar-refractivity contribution is 5.96. The van der Waals surface area contributed by atoms with E-state index in [-0.39, 0.29) is 11.9 Å². The van der Waals surface area contributed by atoms with Crippen LogP contribution in [0.15, 0.2) is 48.7 Å². The number of hydrogen-bond acceptors (Lipinski definition) is 5. The summed E-state index contributed by atoms with van der Waals surface area (Å²) in [6.45, 7) is 0. The van der Waals surface area contributed by atoms with Crippen LogP contribution in [0.25, 0.3) is 10.9 Å². The van der Waals surface area contributed by atoms with Gasteiger partial charge >= 0.3 is 0 Å². The van der Waals surface area contributed by atoms with Gasteiger partial charge in [-0.3, -0.25) is 4.79 Å². The molecule has 1 aromatic carbocycles. The van der Waals surface area contributed by atoms with E-state index in [0.29, 0.717) is 18.0 Å². The molecule has 6 nitrogen and oxygen atoms in total. The lowest BCUT2D eigenvalue weighted by Gasteiger charge is -2.28. The van der Waals surface area contributed by atoms with Crippen molar-refractivity contribution in [2.24, 2.45) is 0 Å². The molecule has 0 spiro atoms. The third-order valence-electron chi connectivity index (χ3n) is 5.48. The Morgan fingerprint density at radius 3 is 2.86 bits per heavy atom. The zero-order chi connectivity index (χ0) is 20.2. The van der Waals surface area contributed by atoms with Crippen molar-refractivity contribution in [1.29, 1.82) is 0 Å². The highest BCUT2D eigenvalue weighted by Gasteiger charge is 2.25. The fraction of sp³-hybridized carbons (Fsp3) is 0.348. The number of aliphatic hydroxyl groups excluding tert-OH is 1. The third-order valence-corrected chi connectivity index (χ3v) is 5.48. The molecule has 1 saturated carbocycles. The Morgan fingerprint density at radius 2 is 2.03 bits per heavy atom. The molecule has 1 amide bonds. The molecule has 0 unspecified atom stereocenters. The van der Waals surface area contributed by atoms with Gasteiger partial charge in [0.05, 0.1) is 24.8 Å². The Labute approximate surface area is 170 Å². The minimum Gasteiger partial charge on any atom is -0.481 e. The standard InChI is InChI=1S/C23H25N3O3/c1-29-22-13-15(10-11-24-22)12-16-14-20(25-18-7-3-2-6-17(16)18)23(28)26-19-8-4-5-9-21(19)27/h2-3,6-7,10-11,13-14,19,21,27H,4-5,8-9,12H2,1H3,(H,26,28)/t19-,21-/m0/s1. The summed E-state index contributed by atoms with van der Waals surface area (Å²) in [4.78, 5) is 21.6. The molecule has 1 fully saturated rings. The van der Waals surface area contributed by atoms with Gasteiger partial charge in [0, 0.05) is 17.6 Å². The lowest BCUT2D eigenvalue weighted by molar-refractivity contribution is 0.0714. The molecule has 1 aliphatic rings. The summed E-state index contributed by atoms with van der Waals surface area (Å²) in [5.41, 5.74) is 3.21. The Morgan fingerprint density at radius 1 is 1.21 bits per heavy atom. The Balaban J connectivity index is 1.65.